The van der Waals surface area contributed by atoms with E-state index in [9.17, 15) is 9.90 Å². The van der Waals surface area contributed by atoms with Crippen molar-refractivity contribution in [1.29, 1.82) is 0 Å². The molecule has 138 valence electrons. The summed E-state index contributed by atoms with van der Waals surface area (Å²) in [6, 6.07) is 7.77. The third-order valence-electron chi connectivity index (χ3n) is 3.44. The molecule has 2 rings (SSSR count). The lowest BCUT2D eigenvalue weighted by atomic mass is 9.86. The number of nitrogens with one attached hydrogen (secondary N) is 1. The Morgan fingerprint density at radius 2 is 1.81 bits per heavy atom. The molecule has 6 nitrogen and oxygen atoms in total. The van der Waals surface area contributed by atoms with Gasteiger partial charge in [0.05, 0.1) is 10.0 Å². The van der Waals surface area contributed by atoms with Crippen molar-refractivity contribution in [3.8, 4) is 17.2 Å². The van der Waals surface area contributed by atoms with Crippen molar-refractivity contribution in [2.45, 2.75) is 26.2 Å². The molecule has 0 saturated carbocycles. The summed E-state index contributed by atoms with van der Waals surface area (Å²) in [6.07, 6.45) is 0.705. The topological polar surface area (TPSA) is 91.2 Å². The number of hydrogen-bond acceptors (Lipinski definition) is 5. The minimum atomic E-state index is -0.637. The fourth-order valence-electron chi connectivity index (χ4n) is 2.25. The third kappa shape index (κ3) is 4.80. The number of hydrogen-bond donors (Lipinski definition) is 3. The SMILES string of the molecule is CC(C)(C)c1cc(Oc2c(Cl)cc(NC(=O)/C=N/O)cc2Cl)ccc1O. The number of benzene rings is 2. The molecule has 0 spiro atoms. The lowest BCUT2D eigenvalue weighted by Crippen LogP contribution is -2.12. The van der Waals surface area contributed by atoms with Crippen molar-refractivity contribution in [2.75, 3.05) is 5.32 Å². The van der Waals surface area contributed by atoms with Crippen LogP contribution in [0.3, 0.4) is 0 Å². The predicted octanol–water partition coefficient (Wildman–Crippen LogP) is 5.19. The van der Waals surface area contributed by atoms with Crippen molar-refractivity contribution >= 4 is 41.0 Å². The van der Waals surface area contributed by atoms with Crippen LogP contribution in [0.2, 0.25) is 10.0 Å². The van der Waals surface area contributed by atoms with E-state index >= 15 is 0 Å². The normalized spacial score (nSPS) is 11.6. The molecule has 8 heteroatoms. The summed E-state index contributed by atoms with van der Waals surface area (Å²) < 4.78 is 5.78. The monoisotopic (exact) mass is 396 g/mol. The third-order valence-corrected chi connectivity index (χ3v) is 4.00. The smallest absolute Gasteiger partial charge is 0.270 e. The zero-order valence-corrected chi connectivity index (χ0v) is 15.9. The average molecular weight is 397 g/mol. The van der Waals surface area contributed by atoms with Crippen LogP contribution in [0.15, 0.2) is 35.5 Å². The van der Waals surface area contributed by atoms with E-state index < -0.39 is 5.91 Å². The molecule has 2 aromatic carbocycles. The van der Waals surface area contributed by atoms with Crippen molar-refractivity contribution in [2.24, 2.45) is 5.16 Å². The quantitative estimate of drug-likeness (QED) is 0.376. The zero-order chi connectivity index (χ0) is 19.5. The summed E-state index contributed by atoms with van der Waals surface area (Å²) in [5.41, 5.74) is 0.757. The minimum absolute atomic E-state index is 0.172. The highest BCUT2D eigenvalue weighted by atomic mass is 35.5. The van der Waals surface area contributed by atoms with Gasteiger partial charge in [-0.3, -0.25) is 4.79 Å². The Morgan fingerprint density at radius 1 is 1.19 bits per heavy atom. The Bertz CT molecular complexity index is 838. The Kier molecular flexibility index (Phi) is 6.00. The number of phenols is 1. The summed E-state index contributed by atoms with van der Waals surface area (Å²) in [6.45, 7) is 5.91. The molecule has 0 fully saturated rings. The van der Waals surface area contributed by atoms with Crippen molar-refractivity contribution in [3.05, 3.63) is 45.9 Å². The van der Waals surface area contributed by atoms with Gasteiger partial charge in [0.25, 0.3) is 5.91 Å². The number of rotatable bonds is 4. The number of anilines is 1. The number of phenolic OH excluding ortho intramolecular Hbond substituents is 1. The van der Waals surface area contributed by atoms with E-state index in [-0.39, 0.29) is 27.0 Å². The minimum Gasteiger partial charge on any atom is -0.508 e. The number of carbonyl (C=O) groups excluding carboxylic acids is 1. The van der Waals surface area contributed by atoms with E-state index in [2.05, 4.69) is 10.5 Å². The summed E-state index contributed by atoms with van der Waals surface area (Å²) in [5.74, 6) is 0.209. The van der Waals surface area contributed by atoms with Crippen LogP contribution >= 0.6 is 23.2 Å². The average Bonchev–Trinajstić information content (AvgIpc) is 2.51. The molecule has 0 aliphatic carbocycles. The van der Waals surface area contributed by atoms with Gasteiger partial charge in [0.1, 0.15) is 17.7 Å². The largest absolute Gasteiger partial charge is 0.508 e. The summed E-state index contributed by atoms with van der Waals surface area (Å²) in [5, 5.41) is 23.8. The Hall–Kier alpha value is -2.44. The molecule has 0 aliphatic heterocycles. The van der Waals surface area contributed by atoms with Gasteiger partial charge in [0.2, 0.25) is 0 Å². The van der Waals surface area contributed by atoms with Crippen molar-refractivity contribution in [3.63, 3.8) is 0 Å². The van der Waals surface area contributed by atoms with Gasteiger partial charge in [-0.05, 0) is 35.7 Å². The van der Waals surface area contributed by atoms with Crippen LogP contribution in [-0.2, 0) is 10.2 Å². The van der Waals surface area contributed by atoms with E-state index in [4.69, 9.17) is 33.1 Å². The second-order valence-corrected chi connectivity index (χ2v) is 7.35. The highest BCUT2D eigenvalue weighted by molar-refractivity contribution is 6.38. The molecule has 0 radical (unpaired) electrons. The van der Waals surface area contributed by atoms with Crippen LogP contribution in [0.1, 0.15) is 26.3 Å². The number of nitrogens with zero attached hydrogens (tertiary/aromatic N) is 1. The molecule has 0 bridgehead atoms. The van der Waals surface area contributed by atoms with Gasteiger partial charge >= 0.3 is 0 Å². The van der Waals surface area contributed by atoms with Gasteiger partial charge in [-0.15, -0.1) is 0 Å². The van der Waals surface area contributed by atoms with Crippen molar-refractivity contribution in [1.82, 2.24) is 0 Å². The molecular weight excluding hydrogens is 379 g/mol. The molecule has 0 aliphatic rings. The maximum absolute atomic E-state index is 11.4. The van der Waals surface area contributed by atoms with Gasteiger partial charge in [-0.2, -0.15) is 0 Å². The molecule has 1 amide bonds. The number of ether oxygens (including phenoxy) is 1. The summed E-state index contributed by atoms with van der Waals surface area (Å²) in [7, 11) is 0. The van der Waals surface area contributed by atoms with Gasteiger partial charge in [0, 0.05) is 11.3 Å². The Labute approximate surface area is 161 Å². The molecule has 0 atom stereocenters. The molecule has 0 saturated heterocycles. The van der Waals surface area contributed by atoms with E-state index in [0.717, 1.165) is 5.56 Å². The number of amides is 1. The molecular formula is C18H18Cl2N2O4. The molecule has 26 heavy (non-hydrogen) atoms. The van der Waals surface area contributed by atoms with Gasteiger partial charge in [0.15, 0.2) is 5.75 Å². The van der Waals surface area contributed by atoms with E-state index in [1.54, 1.807) is 18.2 Å². The molecule has 3 N–H and O–H groups in total. The highest BCUT2D eigenvalue weighted by Gasteiger charge is 2.20. The first kappa shape index (κ1) is 19.9. The van der Waals surface area contributed by atoms with Crippen LogP contribution in [0, 0.1) is 0 Å². The number of oxime groups is 1. The fourth-order valence-corrected chi connectivity index (χ4v) is 2.82. The second kappa shape index (κ2) is 7.85. The standard InChI is InChI=1S/C18H18Cl2N2O4/c1-18(2,3)12-8-11(4-5-15(12)23)26-17-13(19)6-10(7-14(17)20)22-16(24)9-21-25/h4-9,23,25H,1-3H3,(H,22,24)/b21-9+. The maximum Gasteiger partial charge on any atom is 0.270 e. The number of carbonyl (C=O) groups is 1. The Balaban J connectivity index is 2.32. The lowest BCUT2D eigenvalue weighted by molar-refractivity contribution is -0.110. The summed E-state index contributed by atoms with van der Waals surface area (Å²) in [4.78, 5) is 11.4. The maximum atomic E-state index is 11.4. The van der Waals surface area contributed by atoms with Gasteiger partial charge in [-0.25, -0.2) is 0 Å². The highest BCUT2D eigenvalue weighted by Crippen LogP contribution is 2.41. The van der Waals surface area contributed by atoms with Crippen molar-refractivity contribution < 1.29 is 19.8 Å². The van der Waals surface area contributed by atoms with Crippen LogP contribution in [0.4, 0.5) is 5.69 Å². The first-order valence-electron chi connectivity index (χ1n) is 7.60. The fraction of sp³-hybridized carbons (Fsp3) is 0.222. The van der Waals surface area contributed by atoms with E-state index in [1.165, 1.54) is 12.1 Å². The van der Waals surface area contributed by atoms with Crippen LogP contribution < -0.4 is 10.1 Å². The molecule has 2 aromatic rings. The number of halogens is 2. The van der Waals surface area contributed by atoms with Crippen LogP contribution in [-0.4, -0.2) is 22.4 Å². The molecule has 0 unspecified atom stereocenters. The number of aromatic hydroxyl groups is 1. The second-order valence-electron chi connectivity index (χ2n) is 6.53. The van der Waals surface area contributed by atoms with Gasteiger partial charge < -0.3 is 20.4 Å². The molecule has 0 heterocycles. The van der Waals surface area contributed by atoms with E-state index in [1.807, 2.05) is 20.8 Å². The van der Waals surface area contributed by atoms with Gasteiger partial charge in [-0.1, -0.05) is 49.1 Å². The first-order chi connectivity index (χ1) is 12.1. The lowest BCUT2D eigenvalue weighted by Gasteiger charge is -2.21. The molecule has 0 aromatic heterocycles. The first-order valence-corrected chi connectivity index (χ1v) is 8.36. The Morgan fingerprint density at radius 3 is 2.35 bits per heavy atom. The predicted molar refractivity (Wildman–Crippen MR) is 102 cm³/mol. The zero-order valence-electron chi connectivity index (χ0n) is 14.4. The van der Waals surface area contributed by atoms with Crippen LogP contribution in [0.5, 0.6) is 17.2 Å². The summed E-state index contributed by atoms with van der Waals surface area (Å²) >= 11 is 12.4. The van der Waals surface area contributed by atoms with E-state index in [0.29, 0.717) is 17.7 Å². The van der Waals surface area contributed by atoms with Crippen LogP contribution in [0.25, 0.3) is 0 Å².